The largest absolute Gasteiger partial charge is 0.491 e. The number of likely N-dealkylation sites (N-methyl/N-ethyl adjacent to an activating group) is 1. The molecule has 0 unspecified atom stereocenters. The molecule has 8 nitrogen and oxygen atoms in total. The molecular formula is C27H32N4O4. The minimum absolute atomic E-state index is 0.00378. The SMILES string of the molecule is Cc1noc(C)c1-c1ccc2c(c1)Cc1cccc(c1)C(=O)NCCN(C(=O)CN(C)C)CCO2. The summed E-state index contributed by atoms with van der Waals surface area (Å²) in [7, 11) is 3.72. The highest BCUT2D eigenvalue weighted by atomic mass is 16.5. The number of hydrogen-bond acceptors (Lipinski definition) is 6. The Kier molecular flexibility index (Phi) is 7.51. The number of benzene rings is 2. The molecule has 0 saturated carbocycles. The summed E-state index contributed by atoms with van der Waals surface area (Å²) < 4.78 is 11.6. The van der Waals surface area contributed by atoms with E-state index in [1.54, 1.807) is 11.0 Å². The van der Waals surface area contributed by atoms with Gasteiger partial charge in [-0.15, -0.1) is 0 Å². The molecule has 0 radical (unpaired) electrons. The fourth-order valence-electron chi connectivity index (χ4n) is 4.36. The number of fused-ring (bicyclic) bond motifs is 3. The number of aryl methyl sites for hydroxylation is 2. The van der Waals surface area contributed by atoms with E-state index in [4.69, 9.17) is 9.26 Å². The van der Waals surface area contributed by atoms with Crippen LogP contribution in [0.4, 0.5) is 0 Å². The number of nitrogens with zero attached hydrogens (tertiary/aromatic N) is 3. The Morgan fingerprint density at radius 1 is 1.11 bits per heavy atom. The minimum Gasteiger partial charge on any atom is -0.491 e. The number of rotatable bonds is 3. The van der Waals surface area contributed by atoms with Crippen molar-refractivity contribution in [1.82, 2.24) is 20.3 Å². The quantitative estimate of drug-likeness (QED) is 0.625. The van der Waals surface area contributed by atoms with Crippen LogP contribution in [0.25, 0.3) is 11.1 Å². The standard InChI is InChI=1S/C27H32N4O4/c1-18-26(19(2)35-29-18)21-8-9-24-23(16-21)15-20-6-5-7-22(14-20)27(33)28-10-11-31(12-13-34-24)25(32)17-30(3)4/h5-9,14,16H,10-13,15,17H2,1-4H3,(H,28,33). The first kappa shape index (κ1) is 24.5. The van der Waals surface area contributed by atoms with Crippen molar-refractivity contribution in [2.24, 2.45) is 0 Å². The van der Waals surface area contributed by atoms with Gasteiger partial charge in [0.2, 0.25) is 5.91 Å². The third-order valence-corrected chi connectivity index (χ3v) is 6.06. The summed E-state index contributed by atoms with van der Waals surface area (Å²) >= 11 is 0. The average molecular weight is 477 g/mol. The zero-order valence-corrected chi connectivity index (χ0v) is 20.8. The third-order valence-electron chi connectivity index (χ3n) is 6.06. The van der Waals surface area contributed by atoms with Crippen LogP contribution in [-0.4, -0.2) is 73.7 Å². The number of aromatic nitrogens is 1. The van der Waals surface area contributed by atoms with Crippen LogP contribution >= 0.6 is 0 Å². The smallest absolute Gasteiger partial charge is 0.251 e. The molecule has 0 saturated heterocycles. The van der Waals surface area contributed by atoms with Crippen molar-refractivity contribution < 1.29 is 18.8 Å². The second kappa shape index (κ2) is 10.7. The lowest BCUT2D eigenvalue weighted by Crippen LogP contribution is -2.44. The molecule has 0 spiro atoms. The van der Waals surface area contributed by atoms with Crippen molar-refractivity contribution in [3.8, 4) is 16.9 Å². The highest BCUT2D eigenvalue weighted by molar-refractivity contribution is 5.94. The first-order chi connectivity index (χ1) is 16.8. The molecule has 1 aliphatic heterocycles. The Labute approximate surface area is 205 Å². The molecule has 2 amide bonds. The van der Waals surface area contributed by atoms with Crippen LogP contribution in [0, 0.1) is 13.8 Å². The molecule has 0 aliphatic carbocycles. The first-order valence-corrected chi connectivity index (χ1v) is 11.8. The van der Waals surface area contributed by atoms with Crippen LogP contribution in [0.3, 0.4) is 0 Å². The molecule has 2 bridgehead atoms. The molecule has 1 aliphatic rings. The summed E-state index contributed by atoms with van der Waals surface area (Å²) in [5.74, 6) is 1.37. The normalized spacial score (nSPS) is 14.7. The average Bonchev–Trinajstić information content (AvgIpc) is 3.15. The number of carbonyl (C=O) groups is 2. The van der Waals surface area contributed by atoms with E-state index in [0.717, 1.165) is 39.5 Å². The van der Waals surface area contributed by atoms with Crippen molar-refractivity contribution >= 4 is 11.8 Å². The van der Waals surface area contributed by atoms with Gasteiger partial charge >= 0.3 is 0 Å². The number of ether oxygens (including phenoxy) is 1. The van der Waals surface area contributed by atoms with Gasteiger partial charge in [-0.3, -0.25) is 9.59 Å². The van der Waals surface area contributed by atoms with Crippen LogP contribution in [0.2, 0.25) is 0 Å². The van der Waals surface area contributed by atoms with Crippen LogP contribution in [0.15, 0.2) is 47.0 Å². The summed E-state index contributed by atoms with van der Waals surface area (Å²) in [5.41, 5.74) is 5.40. The second-order valence-electron chi connectivity index (χ2n) is 9.12. The zero-order valence-electron chi connectivity index (χ0n) is 20.8. The van der Waals surface area contributed by atoms with Gasteiger partial charge in [0.1, 0.15) is 18.1 Å². The molecule has 4 rings (SSSR count). The van der Waals surface area contributed by atoms with Crippen LogP contribution in [0.1, 0.15) is 32.9 Å². The second-order valence-corrected chi connectivity index (χ2v) is 9.12. The summed E-state index contributed by atoms with van der Waals surface area (Å²) in [6, 6.07) is 13.7. The molecule has 184 valence electrons. The molecule has 2 heterocycles. The van der Waals surface area contributed by atoms with Crippen molar-refractivity contribution in [3.05, 3.63) is 70.6 Å². The Hall–Kier alpha value is -3.65. The molecular weight excluding hydrogens is 444 g/mol. The van der Waals surface area contributed by atoms with Gasteiger partial charge in [0, 0.05) is 30.6 Å². The Morgan fingerprint density at radius 3 is 2.69 bits per heavy atom. The van der Waals surface area contributed by atoms with Crippen LogP contribution in [-0.2, 0) is 11.2 Å². The van der Waals surface area contributed by atoms with E-state index >= 15 is 0 Å². The Balaban J connectivity index is 1.69. The molecule has 8 heteroatoms. The van der Waals surface area contributed by atoms with E-state index in [2.05, 4.69) is 16.5 Å². The molecule has 3 aromatic rings. The van der Waals surface area contributed by atoms with E-state index in [1.165, 1.54) is 0 Å². The van der Waals surface area contributed by atoms with Gasteiger partial charge in [-0.25, -0.2) is 0 Å². The predicted molar refractivity (Wildman–Crippen MR) is 134 cm³/mol. The lowest BCUT2D eigenvalue weighted by Gasteiger charge is -2.25. The molecule has 2 aromatic carbocycles. The number of amides is 2. The van der Waals surface area contributed by atoms with E-state index < -0.39 is 0 Å². The summed E-state index contributed by atoms with van der Waals surface area (Å²) in [6.45, 7) is 5.70. The predicted octanol–water partition coefficient (Wildman–Crippen LogP) is 3.06. The lowest BCUT2D eigenvalue weighted by atomic mass is 9.96. The lowest BCUT2D eigenvalue weighted by molar-refractivity contribution is -0.132. The van der Waals surface area contributed by atoms with Gasteiger partial charge in [0.05, 0.1) is 18.8 Å². The summed E-state index contributed by atoms with van der Waals surface area (Å²) in [5, 5.41) is 7.03. The number of nitrogens with one attached hydrogen (secondary N) is 1. The van der Waals surface area contributed by atoms with E-state index in [9.17, 15) is 9.59 Å². The van der Waals surface area contributed by atoms with Gasteiger partial charge < -0.3 is 24.4 Å². The molecule has 1 aromatic heterocycles. The summed E-state index contributed by atoms with van der Waals surface area (Å²) in [6.07, 6.45) is 0.594. The molecule has 35 heavy (non-hydrogen) atoms. The number of carbonyl (C=O) groups excluding carboxylic acids is 2. The highest BCUT2D eigenvalue weighted by Crippen LogP contribution is 2.32. The van der Waals surface area contributed by atoms with Crippen molar-refractivity contribution in [1.29, 1.82) is 0 Å². The minimum atomic E-state index is -0.148. The van der Waals surface area contributed by atoms with Gasteiger partial charge in [-0.05, 0) is 68.9 Å². The van der Waals surface area contributed by atoms with Crippen molar-refractivity contribution in [3.63, 3.8) is 0 Å². The first-order valence-electron chi connectivity index (χ1n) is 11.8. The molecule has 0 atom stereocenters. The topological polar surface area (TPSA) is 87.9 Å². The van der Waals surface area contributed by atoms with E-state index in [0.29, 0.717) is 44.8 Å². The van der Waals surface area contributed by atoms with Crippen LogP contribution in [0.5, 0.6) is 5.75 Å². The maximum absolute atomic E-state index is 12.8. The van der Waals surface area contributed by atoms with Gasteiger partial charge in [-0.2, -0.15) is 0 Å². The zero-order chi connectivity index (χ0) is 24.9. The van der Waals surface area contributed by atoms with Gasteiger partial charge in [0.15, 0.2) is 0 Å². The maximum Gasteiger partial charge on any atom is 0.251 e. The molecule has 0 fully saturated rings. The fourth-order valence-corrected chi connectivity index (χ4v) is 4.36. The highest BCUT2D eigenvalue weighted by Gasteiger charge is 2.18. The van der Waals surface area contributed by atoms with E-state index in [1.807, 2.05) is 63.2 Å². The summed E-state index contributed by atoms with van der Waals surface area (Å²) in [4.78, 5) is 29.1. The maximum atomic E-state index is 12.8. The fraction of sp³-hybridized carbons (Fsp3) is 0.370. The van der Waals surface area contributed by atoms with Gasteiger partial charge in [-0.1, -0.05) is 23.4 Å². The van der Waals surface area contributed by atoms with Crippen LogP contribution < -0.4 is 10.1 Å². The van der Waals surface area contributed by atoms with Crippen molar-refractivity contribution in [2.45, 2.75) is 20.3 Å². The van der Waals surface area contributed by atoms with E-state index in [-0.39, 0.29) is 11.8 Å². The Bertz CT molecular complexity index is 1200. The van der Waals surface area contributed by atoms with Gasteiger partial charge in [0.25, 0.3) is 5.91 Å². The monoisotopic (exact) mass is 476 g/mol. The number of hydrogen-bond donors (Lipinski definition) is 1. The van der Waals surface area contributed by atoms with Crippen molar-refractivity contribution in [2.75, 3.05) is 46.9 Å². The third kappa shape index (κ3) is 5.89. The Morgan fingerprint density at radius 2 is 1.94 bits per heavy atom. The molecule has 1 N–H and O–H groups in total.